The highest BCUT2D eigenvalue weighted by atomic mass is 32.1. The Morgan fingerprint density at radius 2 is 1.93 bits per heavy atom. The Kier molecular flexibility index (Phi) is 5.43. The Hall–Kier alpha value is -1.73. The molecule has 0 spiro atoms. The lowest BCUT2D eigenvalue weighted by molar-refractivity contribution is -0.132. The average Bonchev–Trinajstić information content (AvgIpc) is 3.47. The second kappa shape index (κ2) is 8.19. The minimum absolute atomic E-state index is 0.0391. The van der Waals surface area contributed by atoms with E-state index in [9.17, 15) is 9.59 Å². The van der Waals surface area contributed by atoms with E-state index in [1.807, 2.05) is 0 Å². The summed E-state index contributed by atoms with van der Waals surface area (Å²) in [7, 11) is 0. The third-order valence-corrected chi connectivity index (χ3v) is 8.07. The molecule has 4 heterocycles. The summed E-state index contributed by atoms with van der Waals surface area (Å²) < 4.78 is 1.66. The van der Waals surface area contributed by atoms with Gasteiger partial charge in [0.25, 0.3) is 5.56 Å². The lowest BCUT2D eigenvalue weighted by Crippen LogP contribution is -2.43. The van der Waals surface area contributed by atoms with Gasteiger partial charge >= 0.3 is 0 Å². The number of hydrogen-bond donors (Lipinski definition) is 0. The van der Waals surface area contributed by atoms with Crippen molar-refractivity contribution >= 4 is 27.5 Å². The van der Waals surface area contributed by atoms with Crippen molar-refractivity contribution in [3.05, 3.63) is 27.1 Å². The molecule has 2 fully saturated rings. The monoisotopic (exact) mass is 414 g/mol. The number of nitrogens with zero attached hydrogens (tertiary/aromatic N) is 4. The molecule has 1 atom stereocenters. The summed E-state index contributed by atoms with van der Waals surface area (Å²) in [4.78, 5) is 37.4. The van der Waals surface area contributed by atoms with Crippen LogP contribution in [0, 0.1) is 0 Å². The van der Waals surface area contributed by atoms with Crippen LogP contribution in [0.5, 0.6) is 0 Å². The minimum atomic E-state index is 0.0391. The Morgan fingerprint density at radius 1 is 1.10 bits per heavy atom. The molecule has 0 radical (unpaired) electrons. The highest BCUT2D eigenvalue weighted by Gasteiger charge is 2.30. The van der Waals surface area contributed by atoms with Crippen LogP contribution in [0.25, 0.3) is 10.2 Å². The number of hydrogen-bond acceptors (Lipinski definition) is 5. The Labute approximate surface area is 175 Å². The maximum absolute atomic E-state index is 13.1. The lowest BCUT2D eigenvalue weighted by Gasteiger charge is -2.28. The summed E-state index contributed by atoms with van der Waals surface area (Å²) in [6.07, 6.45) is 11.2. The van der Waals surface area contributed by atoms with Crippen molar-refractivity contribution in [2.24, 2.45) is 0 Å². The van der Waals surface area contributed by atoms with Crippen LogP contribution in [0.3, 0.4) is 0 Å². The molecule has 0 aromatic carbocycles. The van der Waals surface area contributed by atoms with Crippen molar-refractivity contribution in [3.63, 3.8) is 0 Å². The van der Waals surface area contributed by atoms with Crippen molar-refractivity contribution in [2.45, 2.75) is 70.4 Å². The lowest BCUT2D eigenvalue weighted by atomic mass is 9.97. The van der Waals surface area contributed by atoms with Crippen molar-refractivity contribution in [3.8, 4) is 0 Å². The average molecular weight is 415 g/mol. The van der Waals surface area contributed by atoms with E-state index in [0.29, 0.717) is 19.0 Å². The number of aromatic nitrogens is 2. The van der Waals surface area contributed by atoms with Gasteiger partial charge in [-0.15, -0.1) is 11.3 Å². The zero-order valence-electron chi connectivity index (χ0n) is 17.1. The molecule has 29 heavy (non-hydrogen) atoms. The number of thiophene rings is 1. The highest BCUT2D eigenvalue weighted by Crippen LogP contribution is 2.33. The van der Waals surface area contributed by atoms with Gasteiger partial charge in [-0.2, -0.15) is 0 Å². The smallest absolute Gasteiger partial charge is 0.262 e. The third kappa shape index (κ3) is 3.75. The SMILES string of the molecule is O=C(CCn1cnc2sc3c(c2c1=O)CCCC3)N1CCCC1CN1CCCC1. The summed E-state index contributed by atoms with van der Waals surface area (Å²) >= 11 is 1.68. The Balaban J connectivity index is 1.28. The van der Waals surface area contributed by atoms with Crippen LogP contribution in [-0.4, -0.2) is 57.5 Å². The zero-order chi connectivity index (χ0) is 19.8. The van der Waals surface area contributed by atoms with Crippen molar-refractivity contribution < 1.29 is 4.79 Å². The summed E-state index contributed by atoms with van der Waals surface area (Å²) in [5.74, 6) is 0.186. The summed E-state index contributed by atoms with van der Waals surface area (Å²) in [5, 5.41) is 0.813. The van der Waals surface area contributed by atoms with Crippen LogP contribution in [0.2, 0.25) is 0 Å². The number of rotatable bonds is 5. The molecule has 0 saturated carbocycles. The van der Waals surface area contributed by atoms with Crippen LogP contribution < -0.4 is 5.56 Å². The van der Waals surface area contributed by atoms with E-state index in [4.69, 9.17) is 0 Å². The molecule has 1 aliphatic carbocycles. The third-order valence-electron chi connectivity index (χ3n) is 6.87. The fraction of sp³-hybridized carbons (Fsp3) is 0.682. The van der Waals surface area contributed by atoms with E-state index in [1.165, 1.54) is 42.8 Å². The van der Waals surface area contributed by atoms with Gasteiger partial charge in [0.1, 0.15) is 4.83 Å². The standard InChI is InChI=1S/C22H30N4O2S/c27-19(26-12-5-6-16(26)14-24-10-3-4-11-24)9-13-25-15-23-21-20(22(25)28)17-7-1-2-8-18(17)29-21/h15-16H,1-14H2. The molecule has 5 rings (SSSR count). The van der Waals surface area contributed by atoms with Gasteiger partial charge in [-0.1, -0.05) is 0 Å². The van der Waals surface area contributed by atoms with Gasteiger partial charge in [-0.05, 0) is 70.0 Å². The Bertz CT molecular complexity index is 960. The van der Waals surface area contributed by atoms with Crippen molar-refractivity contribution in [1.29, 1.82) is 0 Å². The first-order chi connectivity index (χ1) is 14.2. The van der Waals surface area contributed by atoms with Crippen molar-refractivity contribution in [1.82, 2.24) is 19.4 Å². The maximum atomic E-state index is 13.1. The number of fused-ring (bicyclic) bond motifs is 3. The fourth-order valence-electron chi connectivity index (χ4n) is 5.32. The predicted molar refractivity (Wildman–Crippen MR) is 116 cm³/mol. The van der Waals surface area contributed by atoms with E-state index < -0.39 is 0 Å². The molecule has 0 N–H and O–H groups in total. The summed E-state index contributed by atoms with van der Waals surface area (Å²) in [5.41, 5.74) is 1.26. The number of aryl methyl sites for hydroxylation is 3. The molecule has 2 saturated heterocycles. The quantitative estimate of drug-likeness (QED) is 0.755. The number of amides is 1. The van der Waals surface area contributed by atoms with Crippen LogP contribution in [0.4, 0.5) is 0 Å². The fourth-order valence-corrected chi connectivity index (χ4v) is 6.54. The minimum Gasteiger partial charge on any atom is -0.338 e. The summed E-state index contributed by atoms with van der Waals surface area (Å²) in [6, 6.07) is 0.349. The van der Waals surface area contributed by atoms with Crippen LogP contribution in [0.1, 0.15) is 55.4 Å². The van der Waals surface area contributed by atoms with Crippen LogP contribution in [0.15, 0.2) is 11.1 Å². The molecule has 1 unspecified atom stereocenters. The Morgan fingerprint density at radius 3 is 2.79 bits per heavy atom. The second-order valence-corrected chi connectivity index (χ2v) is 9.86. The predicted octanol–water partition coefficient (Wildman–Crippen LogP) is 2.81. The van der Waals surface area contributed by atoms with Gasteiger partial charge in [-0.3, -0.25) is 14.2 Å². The molecule has 2 aliphatic heterocycles. The molecule has 0 bridgehead atoms. The second-order valence-electron chi connectivity index (χ2n) is 8.78. The molecule has 7 heteroatoms. The molecular formula is C22H30N4O2S. The molecule has 2 aromatic rings. The largest absolute Gasteiger partial charge is 0.338 e. The van der Waals surface area contributed by atoms with Crippen LogP contribution in [-0.2, 0) is 24.2 Å². The van der Waals surface area contributed by atoms with Gasteiger partial charge in [0.2, 0.25) is 5.91 Å². The van der Waals surface area contributed by atoms with Gasteiger partial charge in [0.05, 0.1) is 11.7 Å². The normalized spacial score (nSPS) is 22.5. The highest BCUT2D eigenvalue weighted by molar-refractivity contribution is 7.18. The summed E-state index contributed by atoms with van der Waals surface area (Å²) in [6.45, 7) is 4.65. The molecule has 1 amide bonds. The van der Waals surface area contributed by atoms with Crippen LogP contribution >= 0.6 is 11.3 Å². The van der Waals surface area contributed by atoms with Gasteiger partial charge in [-0.25, -0.2) is 4.98 Å². The van der Waals surface area contributed by atoms with E-state index in [-0.39, 0.29) is 11.5 Å². The number of carbonyl (C=O) groups is 1. The van der Waals surface area contributed by atoms with E-state index in [2.05, 4.69) is 14.8 Å². The van der Waals surface area contributed by atoms with Gasteiger partial charge in [0.15, 0.2) is 0 Å². The van der Waals surface area contributed by atoms with E-state index >= 15 is 0 Å². The van der Waals surface area contributed by atoms with Gasteiger partial charge in [0, 0.05) is 37.0 Å². The van der Waals surface area contributed by atoms with Crippen molar-refractivity contribution in [2.75, 3.05) is 26.2 Å². The first-order valence-corrected chi connectivity index (χ1v) is 12.0. The zero-order valence-corrected chi connectivity index (χ0v) is 17.9. The first-order valence-electron chi connectivity index (χ1n) is 11.2. The first kappa shape index (κ1) is 19.2. The molecule has 6 nitrogen and oxygen atoms in total. The molecular weight excluding hydrogens is 384 g/mol. The topological polar surface area (TPSA) is 58.4 Å². The van der Waals surface area contributed by atoms with Gasteiger partial charge < -0.3 is 9.80 Å². The molecule has 156 valence electrons. The van der Waals surface area contributed by atoms with E-state index in [0.717, 1.165) is 55.4 Å². The molecule has 2 aromatic heterocycles. The van der Waals surface area contributed by atoms with E-state index in [1.54, 1.807) is 22.2 Å². The number of likely N-dealkylation sites (tertiary alicyclic amines) is 2. The molecule has 3 aliphatic rings. The maximum Gasteiger partial charge on any atom is 0.262 e. The number of carbonyl (C=O) groups excluding carboxylic acids is 1.